The molecular formula is C12H11ClN2S. The van der Waals surface area contributed by atoms with Gasteiger partial charge in [-0.15, -0.1) is 0 Å². The van der Waals surface area contributed by atoms with Crippen LogP contribution in [0.3, 0.4) is 0 Å². The highest BCUT2D eigenvalue weighted by Gasteiger charge is 2.05. The first kappa shape index (κ1) is 11.3. The molecule has 0 spiro atoms. The van der Waals surface area contributed by atoms with Crippen molar-refractivity contribution in [2.24, 2.45) is 0 Å². The van der Waals surface area contributed by atoms with Gasteiger partial charge in [-0.05, 0) is 31.0 Å². The summed E-state index contributed by atoms with van der Waals surface area (Å²) in [7, 11) is 0. The minimum Gasteiger partial charge on any atom is -0.346 e. The predicted molar refractivity (Wildman–Crippen MR) is 69.3 cm³/mol. The number of nitrogens with one attached hydrogen (secondary N) is 1. The topological polar surface area (TPSA) is 28.7 Å². The molecule has 0 unspecified atom stereocenters. The Balaban J connectivity index is 2.63. The van der Waals surface area contributed by atoms with Crippen LogP contribution in [0.4, 0.5) is 0 Å². The van der Waals surface area contributed by atoms with E-state index in [-0.39, 0.29) is 0 Å². The zero-order valence-corrected chi connectivity index (χ0v) is 10.6. The molecule has 0 saturated heterocycles. The molecule has 0 bridgehead atoms. The largest absolute Gasteiger partial charge is 0.346 e. The van der Waals surface area contributed by atoms with Crippen LogP contribution in [-0.4, -0.2) is 9.97 Å². The van der Waals surface area contributed by atoms with Crippen LogP contribution in [-0.2, 0) is 0 Å². The number of benzene rings is 1. The van der Waals surface area contributed by atoms with Crippen LogP contribution < -0.4 is 0 Å². The normalized spacial score (nSPS) is 10.4. The van der Waals surface area contributed by atoms with Gasteiger partial charge in [0.15, 0.2) is 0 Å². The molecule has 4 heteroatoms. The monoisotopic (exact) mass is 250 g/mol. The third-order valence-corrected chi connectivity index (χ3v) is 3.37. The predicted octanol–water partition coefficient (Wildman–Crippen LogP) is 4.08. The zero-order chi connectivity index (χ0) is 11.7. The number of aromatic amines is 1. The molecular weight excluding hydrogens is 240 g/mol. The number of hydrogen-bond acceptors (Lipinski definition) is 2. The Kier molecular flexibility index (Phi) is 3.08. The molecule has 82 valence electrons. The van der Waals surface area contributed by atoms with Crippen LogP contribution in [0.1, 0.15) is 11.1 Å². The summed E-state index contributed by atoms with van der Waals surface area (Å²) in [6, 6.07) is 5.95. The Morgan fingerprint density at radius 2 is 2.06 bits per heavy atom. The molecule has 1 aromatic carbocycles. The van der Waals surface area contributed by atoms with Crippen LogP contribution in [0.25, 0.3) is 11.3 Å². The summed E-state index contributed by atoms with van der Waals surface area (Å²) in [6.07, 6.45) is 1.61. The average molecular weight is 251 g/mol. The number of nitrogens with zero attached hydrogens (tertiary/aromatic N) is 1. The van der Waals surface area contributed by atoms with Gasteiger partial charge in [-0.2, -0.15) is 0 Å². The summed E-state index contributed by atoms with van der Waals surface area (Å²) in [5.74, 6) is 0. The second-order valence-electron chi connectivity index (χ2n) is 3.67. The number of halogens is 1. The summed E-state index contributed by atoms with van der Waals surface area (Å²) >= 11 is 11.2. The van der Waals surface area contributed by atoms with E-state index in [0.717, 1.165) is 27.4 Å². The van der Waals surface area contributed by atoms with Gasteiger partial charge in [0.1, 0.15) is 4.64 Å². The summed E-state index contributed by atoms with van der Waals surface area (Å²) in [6.45, 7) is 3.93. The molecule has 16 heavy (non-hydrogen) atoms. The Labute approximate surface area is 104 Å². The lowest BCUT2D eigenvalue weighted by Gasteiger charge is -2.07. The molecule has 0 atom stereocenters. The molecule has 1 heterocycles. The molecule has 1 N–H and O–H groups in total. The number of aryl methyl sites for hydroxylation is 1. The summed E-state index contributed by atoms with van der Waals surface area (Å²) in [4.78, 5) is 7.14. The van der Waals surface area contributed by atoms with Gasteiger partial charge < -0.3 is 4.98 Å². The fourth-order valence-electron chi connectivity index (χ4n) is 1.52. The zero-order valence-electron chi connectivity index (χ0n) is 9.04. The highest BCUT2D eigenvalue weighted by molar-refractivity contribution is 7.71. The van der Waals surface area contributed by atoms with E-state index in [1.165, 1.54) is 0 Å². The fraction of sp³-hybridized carbons (Fsp3) is 0.167. The standard InChI is InChI=1S/C12H11ClN2S/c1-7-3-4-9(5-10(7)13)11-8(2)12(16)15-6-14-11/h3-6H,1-2H3,(H,14,15,16). The number of H-pyrrole nitrogens is 1. The van der Waals surface area contributed by atoms with Crippen LogP contribution in [0.5, 0.6) is 0 Å². The highest BCUT2D eigenvalue weighted by Crippen LogP contribution is 2.25. The van der Waals surface area contributed by atoms with Crippen molar-refractivity contribution >= 4 is 23.8 Å². The molecule has 0 radical (unpaired) electrons. The number of aromatic nitrogens is 2. The third kappa shape index (κ3) is 2.01. The van der Waals surface area contributed by atoms with Gasteiger partial charge in [0, 0.05) is 10.6 Å². The third-order valence-electron chi connectivity index (χ3n) is 2.55. The summed E-state index contributed by atoms with van der Waals surface area (Å²) in [5, 5.41) is 0.757. The molecule has 0 fully saturated rings. The van der Waals surface area contributed by atoms with Gasteiger partial charge in [-0.1, -0.05) is 36.0 Å². The van der Waals surface area contributed by atoms with Crippen LogP contribution >= 0.6 is 23.8 Å². The Morgan fingerprint density at radius 1 is 1.31 bits per heavy atom. The summed E-state index contributed by atoms with van der Waals surface area (Å²) < 4.78 is 0.616. The van der Waals surface area contributed by atoms with E-state index in [9.17, 15) is 0 Å². The van der Waals surface area contributed by atoms with Gasteiger partial charge in [0.25, 0.3) is 0 Å². The Hall–Kier alpha value is -1.19. The van der Waals surface area contributed by atoms with E-state index >= 15 is 0 Å². The lowest BCUT2D eigenvalue weighted by molar-refractivity contribution is 1.12. The maximum Gasteiger partial charge on any atom is 0.132 e. The van der Waals surface area contributed by atoms with Crippen LogP contribution in [0, 0.1) is 18.5 Å². The van der Waals surface area contributed by atoms with E-state index in [4.69, 9.17) is 23.8 Å². The lowest BCUT2D eigenvalue weighted by Crippen LogP contribution is -1.91. The lowest BCUT2D eigenvalue weighted by atomic mass is 10.1. The number of hydrogen-bond donors (Lipinski definition) is 1. The molecule has 2 aromatic rings. The van der Waals surface area contributed by atoms with Crippen LogP contribution in [0.2, 0.25) is 5.02 Å². The molecule has 2 nitrogen and oxygen atoms in total. The van der Waals surface area contributed by atoms with Crippen molar-refractivity contribution < 1.29 is 0 Å². The van der Waals surface area contributed by atoms with Crippen molar-refractivity contribution in [3.63, 3.8) is 0 Å². The highest BCUT2D eigenvalue weighted by atomic mass is 35.5. The molecule has 1 aromatic heterocycles. The van der Waals surface area contributed by atoms with Gasteiger partial charge in [-0.25, -0.2) is 4.98 Å². The Morgan fingerprint density at radius 3 is 2.75 bits per heavy atom. The van der Waals surface area contributed by atoms with Crippen LogP contribution in [0.15, 0.2) is 24.5 Å². The quantitative estimate of drug-likeness (QED) is 0.773. The number of rotatable bonds is 1. The van der Waals surface area contributed by atoms with E-state index in [1.54, 1.807) is 6.33 Å². The molecule has 0 saturated carbocycles. The van der Waals surface area contributed by atoms with E-state index in [2.05, 4.69) is 9.97 Å². The minimum absolute atomic E-state index is 0.616. The van der Waals surface area contributed by atoms with Gasteiger partial charge >= 0.3 is 0 Å². The first-order valence-corrected chi connectivity index (χ1v) is 5.69. The van der Waals surface area contributed by atoms with E-state index in [0.29, 0.717) is 4.64 Å². The SMILES string of the molecule is Cc1ccc(-c2[nH]cnc(=S)c2C)cc1Cl. The van der Waals surface area contributed by atoms with Crippen molar-refractivity contribution in [2.75, 3.05) is 0 Å². The Bertz CT molecular complexity index is 590. The molecule has 2 rings (SSSR count). The van der Waals surface area contributed by atoms with Gasteiger partial charge in [0.2, 0.25) is 0 Å². The molecule has 0 aliphatic rings. The van der Waals surface area contributed by atoms with Crippen molar-refractivity contribution in [1.29, 1.82) is 0 Å². The van der Waals surface area contributed by atoms with E-state index < -0.39 is 0 Å². The first-order chi connectivity index (χ1) is 7.59. The van der Waals surface area contributed by atoms with Crippen molar-refractivity contribution in [2.45, 2.75) is 13.8 Å². The molecule has 0 aliphatic heterocycles. The smallest absolute Gasteiger partial charge is 0.132 e. The maximum atomic E-state index is 6.10. The average Bonchev–Trinajstić information content (AvgIpc) is 2.26. The summed E-state index contributed by atoms with van der Waals surface area (Å²) in [5.41, 5.74) is 4.04. The van der Waals surface area contributed by atoms with E-state index in [1.807, 2.05) is 32.0 Å². The second-order valence-corrected chi connectivity index (χ2v) is 4.47. The van der Waals surface area contributed by atoms with Gasteiger partial charge in [0.05, 0.1) is 12.0 Å². The molecule has 0 aliphatic carbocycles. The van der Waals surface area contributed by atoms with Crippen molar-refractivity contribution in [3.05, 3.63) is 45.3 Å². The van der Waals surface area contributed by atoms with Crippen molar-refractivity contribution in [1.82, 2.24) is 9.97 Å². The van der Waals surface area contributed by atoms with Crippen molar-refractivity contribution in [3.8, 4) is 11.3 Å². The van der Waals surface area contributed by atoms with Gasteiger partial charge in [-0.3, -0.25) is 0 Å². The molecule has 0 amide bonds. The fourth-order valence-corrected chi connectivity index (χ4v) is 1.85. The first-order valence-electron chi connectivity index (χ1n) is 4.90. The minimum atomic E-state index is 0.616. The second kappa shape index (κ2) is 4.36. The maximum absolute atomic E-state index is 6.10.